The van der Waals surface area contributed by atoms with Crippen molar-refractivity contribution in [3.8, 4) is 0 Å². The number of hydrogen-bond donors (Lipinski definition) is 1. The smallest absolute Gasteiger partial charge is 0.331 e. The number of ether oxygens (including phenoxy) is 1. The number of hydrogen-bond acceptors (Lipinski definition) is 3. The van der Waals surface area contributed by atoms with Crippen LogP contribution in [0.15, 0.2) is 0 Å². The van der Waals surface area contributed by atoms with Crippen molar-refractivity contribution in [1.29, 1.82) is 0 Å². The van der Waals surface area contributed by atoms with E-state index in [1.54, 1.807) is 0 Å². The van der Waals surface area contributed by atoms with Crippen LogP contribution < -0.4 is 5.32 Å². The molecule has 2 rings (SSSR count). The molecule has 0 heterocycles. The monoisotopic (exact) mass is 253 g/mol. The highest BCUT2D eigenvalue weighted by Crippen LogP contribution is 2.31. The van der Waals surface area contributed by atoms with Gasteiger partial charge < -0.3 is 10.1 Å². The average molecular weight is 253 g/mol. The molecule has 2 aliphatic carbocycles. The van der Waals surface area contributed by atoms with Crippen LogP contribution in [0.5, 0.6) is 0 Å². The average Bonchev–Trinajstić information content (AvgIpc) is 2.52. The highest BCUT2D eigenvalue weighted by molar-refractivity contribution is 5.89. The second-order valence-corrected chi connectivity index (χ2v) is 5.60. The Balaban J connectivity index is 2.07. The quantitative estimate of drug-likeness (QED) is 0.619. The first-order chi connectivity index (χ1) is 8.68. The summed E-state index contributed by atoms with van der Waals surface area (Å²) in [5, 5.41) is 3.01. The van der Waals surface area contributed by atoms with Crippen LogP contribution in [0.2, 0.25) is 0 Å². The number of amides is 1. The molecule has 0 bridgehead atoms. The van der Waals surface area contributed by atoms with Crippen LogP contribution in [0.4, 0.5) is 0 Å². The molecule has 0 atom stereocenters. The van der Waals surface area contributed by atoms with Gasteiger partial charge in [0.1, 0.15) is 5.54 Å². The Labute approximate surface area is 108 Å². The molecule has 0 aromatic heterocycles. The van der Waals surface area contributed by atoms with E-state index in [-0.39, 0.29) is 17.8 Å². The Kier molecular flexibility index (Phi) is 4.25. The van der Waals surface area contributed by atoms with Gasteiger partial charge in [0.05, 0.1) is 7.11 Å². The summed E-state index contributed by atoms with van der Waals surface area (Å²) in [6.45, 7) is 0. The van der Waals surface area contributed by atoms with Crippen molar-refractivity contribution in [3.63, 3.8) is 0 Å². The number of nitrogens with one attached hydrogen (secondary N) is 1. The van der Waals surface area contributed by atoms with E-state index in [0.29, 0.717) is 0 Å². The molecule has 0 aromatic rings. The second kappa shape index (κ2) is 5.72. The van der Waals surface area contributed by atoms with Crippen molar-refractivity contribution in [2.75, 3.05) is 7.11 Å². The van der Waals surface area contributed by atoms with Gasteiger partial charge in [-0.2, -0.15) is 0 Å². The Bertz CT molecular complexity index is 315. The van der Waals surface area contributed by atoms with Gasteiger partial charge in [-0.25, -0.2) is 4.79 Å². The van der Waals surface area contributed by atoms with Crippen LogP contribution in [-0.4, -0.2) is 24.5 Å². The van der Waals surface area contributed by atoms with Gasteiger partial charge in [0, 0.05) is 5.92 Å². The van der Waals surface area contributed by atoms with E-state index < -0.39 is 5.54 Å². The van der Waals surface area contributed by atoms with Gasteiger partial charge in [-0.1, -0.05) is 32.1 Å². The van der Waals surface area contributed by atoms with Crippen molar-refractivity contribution >= 4 is 11.9 Å². The third kappa shape index (κ3) is 2.68. The van der Waals surface area contributed by atoms with Crippen molar-refractivity contribution < 1.29 is 14.3 Å². The maximum atomic E-state index is 12.1. The fourth-order valence-corrected chi connectivity index (χ4v) is 2.92. The third-order valence-electron chi connectivity index (χ3n) is 4.37. The topological polar surface area (TPSA) is 55.4 Å². The SMILES string of the molecule is COC(=O)C1(NC(=O)C2CCC2)CCCCCC1. The maximum absolute atomic E-state index is 12.1. The molecule has 0 aromatic carbocycles. The van der Waals surface area contributed by atoms with E-state index in [9.17, 15) is 9.59 Å². The second-order valence-electron chi connectivity index (χ2n) is 5.60. The van der Waals surface area contributed by atoms with Crippen LogP contribution in [0.25, 0.3) is 0 Å². The van der Waals surface area contributed by atoms with Crippen LogP contribution in [0, 0.1) is 5.92 Å². The van der Waals surface area contributed by atoms with Crippen molar-refractivity contribution in [1.82, 2.24) is 5.32 Å². The fraction of sp³-hybridized carbons (Fsp3) is 0.857. The zero-order chi connectivity index (χ0) is 13.0. The Morgan fingerprint density at radius 1 is 1.06 bits per heavy atom. The van der Waals surface area contributed by atoms with Crippen LogP contribution in [0.1, 0.15) is 57.8 Å². The third-order valence-corrected chi connectivity index (χ3v) is 4.37. The summed E-state index contributed by atoms with van der Waals surface area (Å²) in [5.74, 6) is -0.0968. The van der Waals surface area contributed by atoms with E-state index in [0.717, 1.165) is 57.8 Å². The molecule has 2 aliphatic rings. The largest absolute Gasteiger partial charge is 0.467 e. The predicted molar refractivity (Wildman–Crippen MR) is 67.9 cm³/mol. The summed E-state index contributed by atoms with van der Waals surface area (Å²) in [6, 6.07) is 0. The van der Waals surface area contributed by atoms with Gasteiger partial charge in [-0.15, -0.1) is 0 Å². The lowest BCUT2D eigenvalue weighted by atomic mass is 9.82. The molecule has 18 heavy (non-hydrogen) atoms. The zero-order valence-electron chi connectivity index (χ0n) is 11.2. The molecule has 0 unspecified atom stereocenters. The number of carbonyl (C=O) groups excluding carboxylic acids is 2. The zero-order valence-corrected chi connectivity index (χ0v) is 11.2. The van der Waals surface area contributed by atoms with Crippen molar-refractivity contribution in [2.45, 2.75) is 63.3 Å². The van der Waals surface area contributed by atoms with Crippen LogP contribution in [-0.2, 0) is 14.3 Å². The summed E-state index contributed by atoms with van der Waals surface area (Å²) in [5.41, 5.74) is -0.752. The molecule has 2 saturated carbocycles. The van der Waals surface area contributed by atoms with E-state index in [4.69, 9.17) is 4.74 Å². The first-order valence-corrected chi connectivity index (χ1v) is 7.08. The van der Waals surface area contributed by atoms with E-state index >= 15 is 0 Å². The minimum Gasteiger partial charge on any atom is -0.467 e. The predicted octanol–water partition coefficient (Wildman–Crippen LogP) is 2.17. The first kappa shape index (κ1) is 13.4. The summed E-state index contributed by atoms with van der Waals surface area (Å²) in [6.07, 6.45) is 8.74. The Morgan fingerprint density at radius 3 is 2.11 bits per heavy atom. The number of carbonyl (C=O) groups is 2. The van der Waals surface area contributed by atoms with E-state index in [2.05, 4.69) is 5.32 Å². The fourth-order valence-electron chi connectivity index (χ4n) is 2.92. The molecule has 0 aliphatic heterocycles. The van der Waals surface area contributed by atoms with Gasteiger partial charge in [0.15, 0.2) is 0 Å². The molecule has 0 spiro atoms. The molecule has 102 valence electrons. The lowest BCUT2D eigenvalue weighted by Crippen LogP contribution is -2.56. The molecular formula is C14H23NO3. The van der Waals surface area contributed by atoms with E-state index in [1.807, 2.05) is 0 Å². The summed E-state index contributed by atoms with van der Waals surface area (Å²) in [4.78, 5) is 24.2. The minimum absolute atomic E-state index is 0.0496. The first-order valence-electron chi connectivity index (χ1n) is 7.08. The molecule has 4 heteroatoms. The van der Waals surface area contributed by atoms with Crippen molar-refractivity contribution in [2.24, 2.45) is 5.92 Å². The van der Waals surface area contributed by atoms with Crippen LogP contribution in [0.3, 0.4) is 0 Å². The maximum Gasteiger partial charge on any atom is 0.331 e. The van der Waals surface area contributed by atoms with Crippen LogP contribution >= 0.6 is 0 Å². The van der Waals surface area contributed by atoms with Gasteiger partial charge in [0.2, 0.25) is 5.91 Å². The summed E-state index contributed by atoms with van der Waals surface area (Å²) >= 11 is 0. The Hall–Kier alpha value is -1.06. The Morgan fingerprint density at radius 2 is 1.67 bits per heavy atom. The van der Waals surface area contributed by atoms with Gasteiger partial charge in [-0.3, -0.25) is 4.79 Å². The lowest BCUT2D eigenvalue weighted by Gasteiger charge is -2.34. The standard InChI is InChI=1S/C14H23NO3/c1-18-13(17)14(9-4-2-3-5-10-14)15-12(16)11-7-6-8-11/h11H,2-10H2,1H3,(H,15,16). The van der Waals surface area contributed by atoms with Crippen molar-refractivity contribution in [3.05, 3.63) is 0 Å². The highest BCUT2D eigenvalue weighted by atomic mass is 16.5. The molecule has 0 radical (unpaired) electrons. The summed E-state index contributed by atoms with van der Waals surface area (Å²) < 4.78 is 4.93. The number of esters is 1. The molecule has 2 fully saturated rings. The van der Waals surface area contributed by atoms with Gasteiger partial charge in [-0.05, 0) is 25.7 Å². The molecule has 4 nitrogen and oxygen atoms in total. The lowest BCUT2D eigenvalue weighted by molar-refractivity contribution is -0.152. The van der Waals surface area contributed by atoms with E-state index in [1.165, 1.54) is 7.11 Å². The highest BCUT2D eigenvalue weighted by Gasteiger charge is 2.42. The number of methoxy groups -OCH3 is 1. The minimum atomic E-state index is -0.752. The molecular weight excluding hydrogens is 230 g/mol. The summed E-state index contributed by atoms with van der Waals surface area (Å²) in [7, 11) is 1.41. The molecule has 1 amide bonds. The normalized spacial score (nSPS) is 23.6. The molecule has 0 saturated heterocycles. The number of rotatable bonds is 3. The molecule has 1 N–H and O–H groups in total. The van der Waals surface area contributed by atoms with Gasteiger partial charge in [0.25, 0.3) is 0 Å². The van der Waals surface area contributed by atoms with Gasteiger partial charge >= 0.3 is 5.97 Å².